The van der Waals surface area contributed by atoms with Crippen LogP contribution in [0.5, 0.6) is 0 Å². The van der Waals surface area contributed by atoms with Gasteiger partial charge in [-0.2, -0.15) is 0 Å². The van der Waals surface area contributed by atoms with Gasteiger partial charge in [0.2, 0.25) is 15.9 Å². The van der Waals surface area contributed by atoms with Crippen molar-refractivity contribution in [2.24, 2.45) is 0 Å². The molecule has 22 heavy (non-hydrogen) atoms. The van der Waals surface area contributed by atoms with Crippen molar-refractivity contribution in [2.45, 2.75) is 43.7 Å². The molecule has 1 aliphatic rings. The number of hydrogen-bond acceptors (Lipinski definition) is 4. The van der Waals surface area contributed by atoms with E-state index >= 15 is 0 Å². The summed E-state index contributed by atoms with van der Waals surface area (Å²) >= 11 is 0. The molecule has 1 fully saturated rings. The van der Waals surface area contributed by atoms with Gasteiger partial charge in [-0.25, -0.2) is 13.1 Å². The van der Waals surface area contributed by atoms with Crippen molar-refractivity contribution < 1.29 is 13.2 Å². The molecule has 124 valence electrons. The zero-order valence-corrected chi connectivity index (χ0v) is 14.3. The van der Waals surface area contributed by atoms with Gasteiger partial charge in [-0.15, -0.1) is 12.4 Å². The van der Waals surface area contributed by atoms with Gasteiger partial charge in [0.05, 0.1) is 4.90 Å². The van der Waals surface area contributed by atoms with Gasteiger partial charge in [0.1, 0.15) is 0 Å². The third-order valence-electron chi connectivity index (χ3n) is 3.55. The van der Waals surface area contributed by atoms with Gasteiger partial charge in [-0.3, -0.25) is 4.79 Å². The largest absolute Gasteiger partial charge is 0.326 e. The number of sulfonamides is 1. The van der Waals surface area contributed by atoms with Crippen LogP contribution in [0, 0.1) is 0 Å². The summed E-state index contributed by atoms with van der Waals surface area (Å²) in [5.74, 6) is -0.189. The molecule has 1 aromatic carbocycles. The monoisotopic (exact) mass is 347 g/mol. The first-order chi connectivity index (χ1) is 9.88. The quantitative estimate of drug-likeness (QED) is 0.770. The molecule has 6 nitrogen and oxygen atoms in total. The summed E-state index contributed by atoms with van der Waals surface area (Å²) in [6, 6.07) is 6.17. The van der Waals surface area contributed by atoms with Crippen LogP contribution in [0.4, 0.5) is 5.69 Å². The van der Waals surface area contributed by atoms with Crippen molar-refractivity contribution in [3.05, 3.63) is 24.3 Å². The first-order valence-electron chi connectivity index (χ1n) is 7.02. The van der Waals surface area contributed by atoms with Crippen LogP contribution in [0.15, 0.2) is 29.2 Å². The van der Waals surface area contributed by atoms with Crippen molar-refractivity contribution in [3.8, 4) is 0 Å². The third kappa shape index (κ3) is 4.95. The Hall–Kier alpha value is -1.15. The number of hydrogen-bond donors (Lipinski definition) is 3. The molecule has 0 spiro atoms. The highest BCUT2D eigenvalue weighted by atomic mass is 35.5. The molecular formula is C14H22ClN3O3S. The number of anilines is 1. The number of carbonyl (C=O) groups excluding carboxylic acids is 1. The molecule has 8 heteroatoms. The van der Waals surface area contributed by atoms with E-state index in [1.807, 2.05) is 6.92 Å². The standard InChI is InChI=1S/C14H21N3O3S.ClH/c1-10-14(4-3-9-15-10)17-21(19,20)13-7-5-12(6-8-13)16-11(2)18;/h5-8,10,14-15,17H,3-4,9H2,1-2H3,(H,16,18);1H. The third-order valence-corrected chi connectivity index (χ3v) is 5.06. The normalized spacial score (nSPS) is 21.7. The molecule has 0 radical (unpaired) electrons. The molecule has 2 atom stereocenters. The lowest BCUT2D eigenvalue weighted by atomic mass is 10.0. The minimum atomic E-state index is -3.54. The van der Waals surface area contributed by atoms with Crippen molar-refractivity contribution in [3.63, 3.8) is 0 Å². The maximum atomic E-state index is 12.4. The average molecular weight is 348 g/mol. The van der Waals surface area contributed by atoms with Crippen LogP contribution >= 0.6 is 12.4 Å². The maximum absolute atomic E-state index is 12.4. The van der Waals surface area contributed by atoms with Crippen molar-refractivity contribution >= 4 is 34.0 Å². The van der Waals surface area contributed by atoms with E-state index in [9.17, 15) is 13.2 Å². The first kappa shape index (κ1) is 18.9. The topological polar surface area (TPSA) is 87.3 Å². The summed E-state index contributed by atoms with van der Waals surface area (Å²) in [5.41, 5.74) is 0.578. The first-order valence-corrected chi connectivity index (χ1v) is 8.50. The van der Waals surface area contributed by atoms with E-state index in [0.29, 0.717) is 5.69 Å². The Morgan fingerprint density at radius 3 is 2.45 bits per heavy atom. The van der Waals surface area contributed by atoms with Crippen LogP contribution in [-0.2, 0) is 14.8 Å². The summed E-state index contributed by atoms with van der Waals surface area (Å²) in [6.07, 6.45) is 1.79. The maximum Gasteiger partial charge on any atom is 0.240 e. The summed E-state index contributed by atoms with van der Waals surface area (Å²) in [7, 11) is -3.54. The number of halogens is 1. The second-order valence-electron chi connectivity index (χ2n) is 5.32. The number of amides is 1. The van der Waals surface area contributed by atoms with Crippen LogP contribution in [0.3, 0.4) is 0 Å². The highest BCUT2D eigenvalue weighted by Gasteiger charge is 2.26. The molecular weight excluding hydrogens is 326 g/mol. The molecule has 0 aromatic heterocycles. The molecule has 1 heterocycles. The van der Waals surface area contributed by atoms with Gasteiger partial charge in [-0.1, -0.05) is 0 Å². The van der Waals surface area contributed by atoms with Crippen LogP contribution in [0.1, 0.15) is 26.7 Å². The van der Waals surface area contributed by atoms with Gasteiger partial charge >= 0.3 is 0 Å². The molecule has 1 amide bonds. The Bertz CT molecular complexity index is 604. The van der Waals surface area contributed by atoms with E-state index < -0.39 is 10.0 Å². The lowest BCUT2D eigenvalue weighted by Gasteiger charge is -2.30. The highest BCUT2D eigenvalue weighted by Crippen LogP contribution is 2.17. The SMILES string of the molecule is CC(=O)Nc1ccc(S(=O)(=O)NC2CCCNC2C)cc1.Cl. The Kier molecular flexibility index (Phi) is 6.80. The number of nitrogens with one attached hydrogen (secondary N) is 3. The summed E-state index contributed by atoms with van der Waals surface area (Å²) in [6.45, 7) is 4.31. The summed E-state index contributed by atoms with van der Waals surface area (Å²) < 4.78 is 27.5. The minimum Gasteiger partial charge on any atom is -0.326 e. The fraction of sp³-hybridized carbons (Fsp3) is 0.500. The van der Waals surface area contributed by atoms with Gasteiger partial charge in [0.25, 0.3) is 0 Å². The smallest absolute Gasteiger partial charge is 0.240 e. The van der Waals surface area contributed by atoms with E-state index in [4.69, 9.17) is 0 Å². The van der Waals surface area contributed by atoms with Gasteiger partial charge in [0, 0.05) is 24.7 Å². The Labute approximate surface area is 137 Å². The molecule has 2 rings (SSSR count). The number of piperidine rings is 1. The van der Waals surface area contributed by atoms with Crippen LogP contribution in [0.25, 0.3) is 0 Å². The lowest BCUT2D eigenvalue weighted by Crippen LogP contribution is -2.51. The van der Waals surface area contributed by atoms with Crippen molar-refractivity contribution in [1.82, 2.24) is 10.0 Å². The summed E-state index contributed by atoms with van der Waals surface area (Å²) in [5, 5.41) is 5.87. The predicted molar refractivity (Wildman–Crippen MR) is 88.8 cm³/mol. The van der Waals surface area contributed by atoms with E-state index in [1.165, 1.54) is 19.1 Å². The van der Waals surface area contributed by atoms with Crippen LogP contribution in [0.2, 0.25) is 0 Å². The second kappa shape index (κ2) is 7.92. The number of benzene rings is 1. The van der Waals surface area contributed by atoms with E-state index in [2.05, 4.69) is 15.4 Å². The molecule has 0 bridgehead atoms. The fourth-order valence-corrected chi connectivity index (χ4v) is 3.74. The Balaban J connectivity index is 0.00000242. The molecule has 1 saturated heterocycles. The minimum absolute atomic E-state index is 0. The van der Waals surface area contributed by atoms with Crippen molar-refractivity contribution in [1.29, 1.82) is 0 Å². The highest BCUT2D eigenvalue weighted by molar-refractivity contribution is 7.89. The van der Waals surface area contributed by atoms with Crippen LogP contribution in [-0.4, -0.2) is 33.0 Å². The van der Waals surface area contributed by atoms with Crippen LogP contribution < -0.4 is 15.4 Å². The zero-order valence-electron chi connectivity index (χ0n) is 12.6. The Morgan fingerprint density at radius 2 is 1.91 bits per heavy atom. The lowest BCUT2D eigenvalue weighted by molar-refractivity contribution is -0.114. The van der Waals surface area contributed by atoms with Gasteiger partial charge in [-0.05, 0) is 50.6 Å². The zero-order chi connectivity index (χ0) is 15.5. The number of carbonyl (C=O) groups is 1. The average Bonchev–Trinajstić information content (AvgIpc) is 2.41. The Morgan fingerprint density at radius 1 is 1.27 bits per heavy atom. The molecule has 1 aliphatic heterocycles. The predicted octanol–water partition coefficient (Wildman–Crippen LogP) is 1.49. The number of rotatable bonds is 4. The molecule has 0 aliphatic carbocycles. The van der Waals surface area contributed by atoms with Gasteiger partial charge < -0.3 is 10.6 Å². The molecule has 3 N–H and O–H groups in total. The van der Waals surface area contributed by atoms with E-state index in [0.717, 1.165) is 19.4 Å². The molecule has 0 saturated carbocycles. The van der Waals surface area contributed by atoms with E-state index in [-0.39, 0.29) is 35.3 Å². The van der Waals surface area contributed by atoms with Gasteiger partial charge in [0.15, 0.2) is 0 Å². The molecule has 1 aromatic rings. The van der Waals surface area contributed by atoms with Crippen molar-refractivity contribution in [2.75, 3.05) is 11.9 Å². The summed E-state index contributed by atoms with van der Waals surface area (Å²) in [4.78, 5) is 11.1. The fourth-order valence-electron chi connectivity index (χ4n) is 2.39. The van der Waals surface area contributed by atoms with E-state index in [1.54, 1.807) is 12.1 Å². The second-order valence-corrected chi connectivity index (χ2v) is 7.03. The molecule has 2 unspecified atom stereocenters.